The van der Waals surface area contributed by atoms with E-state index in [1.807, 2.05) is 18.2 Å². The van der Waals surface area contributed by atoms with Crippen molar-refractivity contribution in [1.29, 1.82) is 0 Å². The first-order chi connectivity index (χ1) is 10.8. The molecular weight excluding hydrogens is 276 g/mol. The lowest BCUT2D eigenvalue weighted by Gasteiger charge is -2.09. The predicted octanol–water partition coefficient (Wildman–Crippen LogP) is 3.96. The molecule has 110 valence electrons. The molecule has 2 heterocycles. The number of aryl methyl sites for hydroxylation is 1. The molecule has 0 atom stereocenters. The van der Waals surface area contributed by atoms with Crippen LogP contribution < -0.4 is 9.47 Å². The number of benzene rings is 2. The van der Waals surface area contributed by atoms with Crippen molar-refractivity contribution in [2.75, 3.05) is 6.79 Å². The van der Waals surface area contributed by atoms with Crippen molar-refractivity contribution in [3.8, 4) is 17.2 Å². The van der Waals surface area contributed by atoms with Crippen LogP contribution in [0.3, 0.4) is 0 Å². The Labute approximate surface area is 128 Å². The van der Waals surface area contributed by atoms with Gasteiger partial charge in [-0.25, -0.2) is 4.98 Å². The fourth-order valence-electron chi connectivity index (χ4n) is 2.80. The van der Waals surface area contributed by atoms with Crippen molar-refractivity contribution in [2.45, 2.75) is 13.3 Å². The molecule has 4 nitrogen and oxygen atoms in total. The number of rotatable bonds is 3. The number of fused-ring (bicyclic) bond motifs is 2. The molecule has 0 fully saturated rings. The van der Waals surface area contributed by atoms with Gasteiger partial charge in [0.1, 0.15) is 5.82 Å². The van der Waals surface area contributed by atoms with Gasteiger partial charge in [-0.1, -0.05) is 31.7 Å². The molecule has 1 aromatic heterocycles. The van der Waals surface area contributed by atoms with Crippen molar-refractivity contribution >= 4 is 17.1 Å². The van der Waals surface area contributed by atoms with E-state index >= 15 is 0 Å². The summed E-state index contributed by atoms with van der Waals surface area (Å²) in [5, 5.41) is 0. The highest BCUT2D eigenvalue weighted by atomic mass is 16.7. The molecule has 1 aliphatic rings. The van der Waals surface area contributed by atoms with Gasteiger partial charge in [-0.15, -0.1) is 0 Å². The van der Waals surface area contributed by atoms with Gasteiger partial charge < -0.3 is 9.47 Å². The van der Waals surface area contributed by atoms with E-state index < -0.39 is 0 Å². The molecule has 3 aromatic rings. The predicted molar refractivity (Wildman–Crippen MR) is 86.7 cm³/mol. The minimum Gasteiger partial charge on any atom is -0.454 e. The number of nitrogens with zero attached hydrogens (tertiary/aromatic N) is 2. The number of aromatic nitrogens is 2. The summed E-state index contributed by atoms with van der Waals surface area (Å²) in [6, 6.07) is 12.2. The normalized spacial score (nSPS) is 12.8. The van der Waals surface area contributed by atoms with Gasteiger partial charge in [0.05, 0.1) is 11.0 Å². The Morgan fingerprint density at radius 1 is 1.18 bits per heavy atom. The maximum absolute atomic E-state index is 5.50. The first-order valence-corrected chi connectivity index (χ1v) is 7.34. The average Bonchev–Trinajstić information content (AvgIpc) is 3.15. The lowest BCUT2D eigenvalue weighted by molar-refractivity contribution is 0.174. The van der Waals surface area contributed by atoms with Gasteiger partial charge in [0.25, 0.3) is 0 Å². The van der Waals surface area contributed by atoms with Crippen molar-refractivity contribution in [3.63, 3.8) is 0 Å². The van der Waals surface area contributed by atoms with Crippen molar-refractivity contribution in [3.05, 3.63) is 54.4 Å². The van der Waals surface area contributed by atoms with Crippen LogP contribution in [0.15, 0.2) is 43.0 Å². The summed E-state index contributed by atoms with van der Waals surface area (Å²) >= 11 is 0. The minimum atomic E-state index is 0.274. The molecule has 0 aliphatic carbocycles. The van der Waals surface area contributed by atoms with Crippen molar-refractivity contribution in [2.24, 2.45) is 0 Å². The summed E-state index contributed by atoms with van der Waals surface area (Å²) in [4.78, 5) is 4.73. The van der Waals surface area contributed by atoms with E-state index in [0.29, 0.717) is 0 Å². The number of ether oxygens (including phenoxy) is 2. The molecule has 0 unspecified atom stereocenters. The average molecular weight is 292 g/mol. The van der Waals surface area contributed by atoms with Crippen LogP contribution in [0.25, 0.3) is 22.8 Å². The summed E-state index contributed by atoms with van der Waals surface area (Å²) in [5.41, 5.74) is 4.15. The van der Waals surface area contributed by atoms with E-state index in [1.54, 1.807) is 0 Å². The molecule has 0 N–H and O–H groups in total. The minimum absolute atomic E-state index is 0.274. The third-order valence-corrected chi connectivity index (χ3v) is 3.92. The summed E-state index contributed by atoms with van der Waals surface area (Å²) < 4.78 is 13.1. The summed E-state index contributed by atoms with van der Waals surface area (Å²) in [6.45, 7) is 6.18. The third kappa shape index (κ3) is 1.88. The second-order valence-electron chi connectivity index (χ2n) is 5.21. The van der Waals surface area contributed by atoms with E-state index in [2.05, 4.69) is 42.3 Å². The second-order valence-corrected chi connectivity index (χ2v) is 5.21. The van der Waals surface area contributed by atoms with Crippen LogP contribution in [0.5, 0.6) is 11.5 Å². The largest absolute Gasteiger partial charge is 0.454 e. The van der Waals surface area contributed by atoms with Crippen molar-refractivity contribution < 1.29 is 9.47 Å². The Kier molecular flexibility index (Phi) is 2.89. The molecule has 1 aliphatic heterocycles. The van der Waals surface area contributed by atoms with E-state index in [-0.39, 0.29) is 6.79 Å². The van der Waals surface area contributed by atoms with E-state index in [0.717, 1.165) is 46.0 Å². The fourth-order valence-corrected chi connectivity index (χ4v) is 2.80. The van der Waals surface area contributed by atoms with Crippen LogP contribution >= 0.6 is 0 Å². The van der Waals surface area contributed by atoms with Gasteiger partial charge in [-0.3, -0.25) is 4.57 Å². The maximum Gasteiger partial charge on any atom is 0.231 e. The summed E-state index contributed by atoms with van der Waals surface area (Å²) in [7, 11) is 0. The zero-order valence-corrected chi connectivity index (χ0v) is 12.4. The highest BCUT2D eigenvalue weighted by molar-refractivity contribution is 5.82. The molecule has 0 spiro atoms. The van der Waals surface area contributed by atoms with Crippen LogP contribution in [-0.2, 0) is 6.42 Å². The number of hydrogen-bond acceptors (Lipinski definition) is 3. The van der Waals surface area contributed by atoms with Crippen LogP contribution in [0.4, 0.5) is 0 Å². The first-order valence-electron chi connectivity index (χ1n) is 7.34. The molecule has 0 saturated heterocycles. The molecule has 0 amide bonds. The standard InChI is InChI=1S/C18H16N2O2/c1-3-12-5-7-13(8-6-12)20-15-10-17-16(21-11-22-17)9-14(15)19-18(20)4-2/h3,5-10H,1,4,11H2,2H3. The van der Waals surface area contributed by atoms with Gasteiger partial charge >= 0.3 is 0 Å². The Balaban J connectivity index is 1.95. The van der Waals surface area contributed by atoms with Gasteiger partial charge in [-0.2, -0.15) is 0 Å². The quantitative estimate of drug-likeness (QED) is 0.733. The first kappa shape index (κ1) is 13.0. The lowest BCUT2D eigenvalue weighted by Crippen LogP contribution is -2.00. The summed E-state index contributed by atoms with van der Waals surface area (Å²) in [6.07, 6.45) is 2.69. The second kappa shape index (κ2) is 4.91. The van der Waals surface area contributed by atoms with Gasteiger partial charge in [-0.05, 0) is 17.7 Å². The third-order valence-electron chi connectivity index (χ3n) is 3.92. The molecule has 22 heavy (non-hydrogen) atoms. The van der Waals surface area contributed by atoms with Gasteiger partial charge in [0.15, 0.2) is 11.5 Å². The zero-order valence-electron chi connectivity index (χ0n) is 12.4. The maximum atomic E-state index is 5.50. The van der Waals surface area contributed by atoms with Gasteiger partial charge in [0, 0.05) is 24.2 Å². The molecule has 4 heteroatoms. The highest BCUT2D eigenvalue weighted by Crippen LogP contribution is 2.37. The fraction of sp³-hybridized carbons (Fsp3) is 0.167. The van der Waals surface area contributed by atoms with Crippen LogP contribution in [0.2, 0.25) is 0 Å². The SMILES string of the molecule is C=Cc1ccc(-n2c(CC)nc3cc4c(cc32)OCO4)cc1. The van der Waals surface area contributed by atoms with E-state index in [4.69, 9.17) is 14.5 Å². The molecule has 0 saturated carbocycles. The monoisotopic (exact) mass is 292 g/mol. The lowest BCUT2D eigenvalue weighted by atomic mass is 10.2. The molecule has 4 rings (SSSR count). The number of hydrogen-bond donors (Lipinski definition) is 0. The van der Waals surface area contributed by atoms with Crippen molar-refractivity contribution in [1.82, 2.24) is 9.55 Å². The topological polar surface area (TPSA) is 36.3 Å². The van der Waals surface area contributed by atoms with Crippen LogP contribution in [0, 0.1) is 0 Å². The number of imidazole rings is 1. The van der Waals surface area contributed by atoms with Crippen LogP contribution in [-0.4, -0.2) is 16.3 Å². The molecular formula is C18H16N2O2. The Morgan fingerprint density at radius 2 is 1.91 bits per heavy atom. The van der Waals surface area contributed by atoms with E-state index in [9.17, 15) is 0 Å². The highest BCUT2D eigenvalue weighted by Gasteiger charge is 2.19. The molecule has 0 radical (unpaired) electrons. The molecule has 2 aromatic carbocycles. The molecule has 0 bridgehead atoms. The smallest absolute Gasteiger partial charge is 0.231 e. The van der Waals surface area contributed by atoms with E-state index in [1.165, 1.54) is 0 Å². The Morgan fingerprint density at radius 3 is 2.59 bits per heavy atom. The zero-order chi connectivity index (χ0) is 15.1. The Bertz CT molecular complexity index is 863. The van der Waals surface area contributed by atoms with Gasteiger partial charge in [0.2, 0.25) is 6.79 Å². The Hall–Kier alpha value is -2.75. The summed E-state index contributed by atoms with van der Waals surface area (Å²) in [5.74, 6) is 2.56. The van der Waals surface area contributed by atoms with Crippen LogP contribution in [0.1, 0.15) is 18.3 Å².